The summed E-state index contributed by atoms with van der Waals surface area (Å²) in [6.07, 6.45) is 1.85. The lowest BCUT2D eigenvalue weighted by molar-refractivity contribution is 0.806. The van der Waals surface area contributed by atoms with Gasteiger partial charge in [-0.1, -0.05) is 13.0 Å². The van der Waals surface area contributed by atoms with Crippen molar-refractivity contribution in [3.05, 3.63) is 23.9 Å². The Morgan fingerprint density at radius 2 is 2.33 bits per heavy atom. The zero-order chi connectivity index (χ0) is 8.97. The summed E-state index contributed by atoms with van der Waals surface area (Å²) in [5.74, 6) is 1.06. The summed E-state index contributed by atoms with van der Waals surface area (Å²) >= 11 is 1.74. The number of nitrogens with two attached hydrogens (primary N) is 1. The smallest absolute Gasteiger partial charge is 0.0959 e. The van der Waals surface area contributed by atoms with Crippen molar-refractivity contribution in [2.24, 2.45) is 5.73 Å². The van der Waals surface area contributed by atoms with Gasteiger partial charge in [0.15, 0.2) is 0 Å². The normalized spacial score (nSPS) is 12.9. The van der Waals surface area contributed by atoms with Crippen molar-refractivity contribution < 1.29 is 0 Å². The number of pyridine rings is 1. The van der Waals surface area contributed by atoms with Crippen molar-refractivity contribution in [3.8, 4) is 0 Å². The van der Waals surface area contributed by atoms with Crippen molar-refractivity contribution >= 4 is 11.8 Å². The molecule has 2 nitrogen and oxygen atoms in total. The van der Waals surface area contributed by atoms with Crippen LogP contribution in [0, 0.1) is 0 Å². The van der Waals surface area contributed by atoms with Crippen LogP contribution in [0.4, 0.5) is 0 Å². The summed E-state index contributed by atoms with van der Waals surface area (Å²) < 4.78 is 0. The van der Waals surface area contributed by atoms with Gasteiger partial charge in [0.05, 0.1) is 5.03 Å². The van der Waals surface area contributed by atoms with Crippen molar-refractivity contribution in [2.45, 2.75) is 24.9 Å². The molecule has 12 heavy (non-hydrogen) atoms. The maximum atomic E-state index is 5.69. The zero-order valence-electron chi connectivity index (χ0n) is 7.45. The lowest BCUT2D eigenvalue weighted by Gasteiger charge is -2.04. The summed E-state index contributed by atoms with van der Waals surface area (Å²) in [5.41, 5.74) is 6.78. The average Bonchev–Trinajstić information content (AvgIpc) is 2.06. The topological polar surface area (TPSA) is 38.9 Å². The highest BCUT2D eigenvalue weighted by molar-refractivity contribution is 7.99. The van der Waals surface area contributed by atoms with Gasteiger partial charge in [0.1, 0.15) is 0 Å². The molecule has 66 valence electrons. The molecule has 0 fully saturated rings. The molecule has 0 saturated heterocycles. The molecule has 0 unspecified atom stereocenters. The minimum atomic E-state index is 0.0816. The van der Waals surface area contributed by atoms with Crippen LogP contribution in [0.3, 0.4) is 0 Å². The van der Waals surface area contributed by atoms with Gasteiger partial charge in [-0.2, -0.15) is 0 Å². The molecule has 3 heteroatoms. The lowest BCUT2D eigenvalue weighted by Crippen LogP contribution is -2.04. The molecule has 1 rings (SSSR count). The standard InChI is InChI=1S/C9H14N2S/c1-3-12-9-5-4-8(6-11-9)7(2)10/h4-7H,3,10H2,1-2H3/t7-/m0/s1. The molecule has 2 N–H and O–H groups in total. The molecule has 1 heterocycles. The molecule has 0 bridgehead atoms. The lowest BCUT2D eigenvalue weighted by atomic mass is 10.2. The molecular weight excluding hydrogens is 168 g/mol. The van der Waals surface area contributed by atoms with Crippen molar-refractivity contribution in [3.63, 3.8) is 0 Å². The molecule has 0 aliphatic rings. The van der Waals surface area contributed by atoms with Crippen LogP contribution in [0.15, 0.2) is 23.4 Å². The third kappa shape index (κ3) is 2.50. The van der Waals surface area contributed by atoms with Gasteiger partial charge in [0, 0.05) is 12.2 Å². The Balaban J connectivity index is 2.71. The van der Waals surface area contributed by atoms with Crippen LogP contribution in [-0.4, -0.2) is 10.7 Å². The van der Waals surface area contributed by atoms with Crippen LogP contribution in [-0.2, 0) is 0 Å². The fourth-order valence-corrected chi connectivity index (χ4v) is 1.48. The van der Waals surface area contributed by atoms with Crippen LogP contribution in [0.25, 0.3) is 0 Å². The SMILES string of the molecule is CCSc1ccc([C@H](C)N)cn1. The van der Waals surface area contributed by atoms with Crippen LogP contribution in [0.2, 0.25) is 0 Å². The third-order valence-corrected chi connectivity index (χ3v) is 2.40. The molecule has 1 atom stereocenters. The molecule has 0 aliphatic carbocycles. The van der Waals surface area contributed by atoms with E-state index < -0.39 is 0 Å². The van der Waals surface area contributed by atoms with E-state index in [-0.39, 0.29) is 6.04 Å². The number of rotatable bonds is 3. The Kier molecular flexibility index (Phi) is 3.56. The molecule has 0 spiro atoms. The minimum Gasteiger partial charge on any atom is -0.324 e. The van der Waals surface area contributed by atoms with Gasteiger partial charge in [-0.05, 0) is 24.3 Å². The number of nitrogens with zero attached hydrogens (tertiary/aromatic N) is 1. The number of thioether (sulfide) groups is 1. The van der Waals surface area contributed by atoms with E-state index in [0.29, 0.717) is 0 Å². The molecule has 0 aromatic carbocycles. The minimum absolute atomic E-state index is 0.0816. The number of hydrogen-bond acceptors (Lipinski definition) is 3. The van der Waals surface area contributed by atoms with E-state index in [1.807, 2.05) is 25.3 Å². The zero-order valence-corrected chi connectivity index (χ0v) is 8.27. The van der Waals surface area contributed by atoms with Gasteiger partial charge in [0.2, 0.25) is 0 Å². The predicted molar refractivity (Wildman–Crippen MR) is 53.2 cm³/mol. The van der Waals surface area contributed by atoms with E-state index >= 15 is 0 Å². The summed E-state index contributed by atoms with van der Waals surface area (Å²) in [5, 5.41) is 1.07. The molecule has 1 aromatic heterocycles. The Bertz CT molecular complexity index is 231. The summed E-state index contributed by atoms with van der Waals surface area (Å²) in [7, 11) is 0. The third-order valence-electron chi connectivity index (χ3n) is 1.58. The summed E-state index contributed by atoms with van der Waals surface area (Å²) in [6.45, 7) is 4.08. The Morgan fingerprint density at radius 1 is 1.58 bits per heavy atom. The van der Waals surface area contributed by atoms with Gasteiger partial charge >= 0.3 is 0 Å². The van der Waals surface area contributed by atoms with Crippen LogP contribution in [0.5, 0.6) is 0 Å². The van der Waals surface area contributed by atoms with Crippen molar-refractivity contribution in [1.29, 1.82) is 0 Å². The summed E-state index contributed by atoms with van der Waals surface area (Å²) in [6, 6.07) is 4.14. The quantitative estimate of drug-likeness (QED) is 0.728. The largest absolute Gasteiger partial charge is 0.324 e. The van der Waals surface area contributed by atoms with Crippen LogP contribution in [0.1, 0.15) is 25.5 Å². The van der Waals surface area contributed by atoms with E-state index in [4.69, 9.17) is 5.73 Å². The Morgan fingerprint density at radius 3 is 2.75 bits per heavy atom. The van der Waals surface area contributed by atoms with E-state index in [1.165, 1.54) is 0 Å². The first kappa shape index (κ1) is 9.55. The van der Waals surface area contributed by atoms with Crippen molar-refractivity contribution in [1.82, 2.24) is 4.98 Å². The van der Waals surface area contributed by atoms with E-state index in [9.17, 15) is 0 Å². The van der Waals surface area contributed by atoms with Crippen LogP contribution >= 0.6 is 11.8 Å². The highest BCUT2D eigenvalue weighted by atomic mass is 32.2. The number of aromatic nitrogens is 1. The van der Waals surface area contributed by atoms with E-state index in [1.54, 1.807) is 11.8 Å². The second kappa shape index (κ2) is 4.48. The molecule has 0 aliphatic heterocycles. The molecule has 0 radical (unpaired) electrons. The molecular formula is C9H14N2S. The Labute approximate surface area is 77.6 Å². The van der Waals surface area contributed by atoms with Gasteiger partial charge in [-0.3, -0.25) is 0 Å². The number of hydrogen-bond donors (Lipinski definition) is 1. The Hall–Kier alpha value is -0.540. The van der Waals surface area contributed by atoms with Crippen LogP contribution < -0.4 is 5.73 Å². The second-order valence-corrected chi connectivity index (χ2v) is 3.94. The highest BCUT2D eigenvalue weighted by Gasteiger charge is 1.99. The predicted octanol–water partition coefficient (Wildman–Crippen LogP) is 2.21. The van der Waals surface area contributed by atoms with Gasteiger partial charge < -0.3 is 5.73 Å². The first-order valence-electron chi connectivity index (χ1n) is 4.08. The molecule has 0 amide bonds. The van der Waals surface area contributed by atoms with Gasteiger partial charge in [0.25, 0.3) is 0 Å². The monoisotopic (exact) mass is 182 g/mol. The first-order chi connectivity index (χ1) is 5.74. The maximum Gasteiger partial charge on any atom is 0.0959 e. The van der Waals surface area contributed by atoms with Crippen molar-refractivity contribution in [2.75, 3.05) is 5.75 Å². The first-order valence-corrected chi connectivity index (χ1v) is 5.07. The average molecular weight is 182 g/mol. The van der Waals surface area contributed by atoms with Gasteiger partial charge in [-0.25, -0.2) is 4.98 Å². The fourth-order valence-electron chi connectivity index (χ4n) is 0.894. The van der Waals surface area contributed by atoms with Gasteiger partial charge in [-0.15, -0.1) is 11.8 Å². The maximum absolute atomic E-state index is 5.69. The molecule has 1 aromatic rings. The highest BCUT2D eigenvalue weighted by Crippen LogP contribution is 2.16. The second-order valence-electron chi connectivity index (χ2n) is 2.65. The fraction of sp³-hybridized carbons (Fsp3) is 0.444. The summed E-state index contributed by atoms with van der Waals surface area (Å²) in [4.78, 5) is 4.27. The molecule has 0 saturated carbocycles. The van der Waals surface area contributed by atoms with E-state index in [2.05, 4.69) is 11.9 Å². The van der Waals surface area contributed by atoms with E-state index in [0.717, 1.165) is 16.3 Å².